The van der Waals surface area contributed by atoms with Crippen LogP contribution in [-0.4, -0.2) is 22.7 Å². The molecule has 4 heteroatoms. The molecule has 118 valence electrons. The van der Waals surface area contributed by atoms with Gasteiger partial charge >= 0.3 is 0 Å². The molecule has 3 atom stereocenters. The van der Waals surface area contributed by atoms with Crippen molar-refractivity contribution < 1.29 is 4.52 Å². The molecule has 3 rings (SSSR count). The van der Waals surface area contributed by atoms with Gasteiger partial charge in [0.05, 0.1) is 0 Å². The maximum atomic E-state index is 5.53. The smallest absolute Gasteiger partial charge is 0.228 e. The summed E-state index contributed by atoms with van der Waals surface area (Å²) in [6.07, 6.45) is 9.87. The van der Waals surface area contributed by atoms with Gasteiger partial charge in [0.25, 0.3) is 0 Å². The number of rotatable bonds is 8. The molecule has 0 amide bonds. The molecule has 0 aromatic carbocycles. The van der Waals surface area contributed by atoms with Crippen molar-refractivity contribution in [1.82, 2.24) is 15.5 Å². The van der Waals surface area contributed by atoms with Crippen LogP contribution >= 0.6 is 0 Å². The Bertz CT molecular complexity index is 441. The van der Waals surface area contributed by atoms with E-state index in [0.29, 0.717) is 12.0 Å². The molecule has 1 aromatic rings. The molecule has 3 unspecified atom stereocenters. The Morgan fingerprint density at radius 3 is 2.76 bits per heavy atom. The van der Waals surface area contributed by atoms with Crippen molar-refractivity contribution in [3.8, 4) is 0 Å². The summed E-state index contributed by atoms with van der Waals surface area (Å²) in [5, 5.41) is 7.91. The Kier molecular flexibility index (Phi) is 4.94. The van der Waals surface area contributed by atoms with Gasteiger partial charge in [-0.25, -0.2) is 0 Å². The number of hydrogen-bond donors (Lipinski definition) is 1. The van der Waals surface area contributed by atoms with Gasteiger partial charge in [-0.3, -0.25) is 0 Å². The molecule has 0 aliphatic heterocycles. The lowest BCUT2D eigenvalue weighted by Gasteiger charge is -2.15. The van der Waals surface area contributed by atoms with E-state index in [1.165, 1.54) is 44.9 Å². The first-order valence-corrected chi connectivity index (χ1v) is 8.86. The molecule has 2 fully saturated rings. The maximum absolute atomic E-state index is 5.53. The predicted molar refractivity (Wildman–Crippen MR) is 83.2 cm³/mol. The summed E-state index contributed by atoms with van der Waals surface area (Å²) < 4.78 is 5.53. The monoisotopic (exact) mass is 291 g/mol. The van der Waals surface area contributed by atoms with Crippen molar-refractivity contribution in [1.29, 1.82) is 0 Å². The van der Waals surface area contributed by atoms with Crippen LogP contribution in [0, 0.1) is 11.8 Å². The van der Waals surface area contributed by atoms with Gasteiger partial charge in [0.2, 0.25) is 5.89 Å². The lowest BCUT2D eigenvalue weighted by Crippen LogP contribution is -2.33. The first kappa shape index (κ1) is 15.0. The third kappa shape index (κ3) is 3.85. The second-order valence-corrected chi connectivity index (χ2v) is 6.93. The van der Waals surface area contributed by atoms with Crippen LogP contribution in [-0.2, 0) is 6.42 Å². The number of nitrogens with zero attached hydrogens (tertiary/aromatic N) is 2. The number of aromatic nitrogens is 2. The molecule has 4 nitrogen and oxygen atoms in total. The summed E-state index contributed by atoms with van der Waals surface area (Å²) in [6, 6.07) is 0.533. The minimum atomic E-state index is 0.533. The van der Waals surface area contributed by atoms with E-state index in [-0.39, 0.29) is 0 Å². The molecule has 2 aliphatic rings. The zero-order chi connectivity index (χ0) is 14.7. The van der Waals surface area contributed by atoms with Crippen molar-refractivity contribution >= 4 is 0 Å². The molecular formula is C17H29N3O. The summed E-state index contributed by atoms with van der Waals surface area (Å²) in [5.74, 6) is 4.03. The van der Waals surface area contributed by atoms with Gasteiger partial charge in [-0.05, 0) is 56.9 Å². The van der Waals surface area contributed by atoms with E-state index in [4.69, 9.17) is 9.51 Å². The van der Waals surface area contributed by atoms with Gasteiger partial charge in [0.15, 0.2) is 5.82 Å². The average molecular weight is 291 g/mol. The average Bonchev–Trinajstić information content (AvgIpc) is 3.05. The van der Waals surface area contributed by atoms with E-state index >= 15 is 0 Å². The van der Waals surface area contributed by atoms with E-state index < -0.39 is 0 Å². The van der Waals surface area contributed by atoms with Gasteiger partial charge in [-0.1, -0.05) is 25.4 Å². The molecule has 1 N–H and O–H groups in total. The Labute approximate surface area is 128 Å². The minimum Gasteiger partial charge on any atom is -0.339 e. The van der Waals surface area contributed by atoms with Crippen LogP contribution in [0.4, 0.5) is 0 Å². The SMILES string of the molecule is CCCNC(Cc1nc(C2CCC(CC)C2)no1)C1CC1. The Balaban J connectivity index is 1.56. The van der Waals surface area contributed by atoms with Crippen molar-refractivity contribution in [2.75, 3.05) is 6.54 Å². The molecule has 0 saturated heterocycles. The second kappa shape index (κ2) is 6.91. The number of nitrogens with one attached hydrogen (secondary N) is 1. The predicted octanol–water partition coefficient (Wildman–Crippen LogP) is 3.68. The molecule has 0 bridgehead atoms. The van der Waals surface area contributed by atoms with Crippen molar-refractivity contribution in [2.24, 2.45) is 11.8 Å². The van der Waals surface area contributed by atoms with E-state index in [9.17, 15) is 0 Å². The van der Waals surface area contributed by atoms with Gasteiger partial charge in [-0.15, -0.1) is 0 Å². The van der Waals surface area contributed by atoms with Gasteiger partial charge < -0.3 is 9.84 Å². The van der Waals surface area contributed by atoms with Crippen molar-refractivity contribution in [2.45, 2.75) is 77.2 Å². The zero-order valence-electron chi connectivity index (χ0n) is 13.5. The van der Waals surface area contributed by atoms with E-state index in [1.807, 2.05) is 0 Å². The molecule has 1 heterocycles. The fourth-order valence-corrected chi connectivity index (χ4v) is 3.62. The van der Waals surface area contributed by atoms with E-state index in [0.717, 1.165) is 36.5 Å². The van der Waals surface area contributed by atoms with Gasteiger partial charge in [-0.2, -0.15) is 4.98 Å². The quantitative estimate of drug-likeness (QED) is 0.793. The fraction of sp³-hybridized carbons (Fsp3) is 0.882. The molecule has 1 aromatic heterocycles. The molecule has 21 heavy (non-hydrogen) atoms. The van der Waals surface area contributed by atoms with Crippen LogP contribution < -0.4 is 5.32 Å². The highest BCUT2D eigenvalue weighted by Crippen LogP contribution is 2.38. The van der Waals surface area contributed by atoms with E-state index in [2.05, 4.69) is 24.3 Å². The lowest BCUT2D eigenvalue weighted by atomic mass is 10.0. The minimum absolute atomic E-state index is 0.533. The summed E-state index contributed by atoms with van der Waals surface area (Å²) in [4.78, 5) is 4.70. The fourth-order valence-electron chi connectivity index (χ4n) is 3.62. The third-order valence-electron chi connectivity index (χ3n) is 5.21. The lowest BCUT2D eigenvalue weighted by molar-refractivity contribution is 0.340. The molecular weight excluding hydrogens is 262 g/mol. The third-order valence-corrected chi connectivity index (χ3v) is 5.21. The standard InChI is InChI=1S/C17H29N3O/c1-3-9-18-15(13-7-8-13)11-16-19-17(20-21-16)14-6-5-12(4-2)10-14/h12-15,18H,3-11H2,1-2H3. The largest absolute Gasteiger partial charge is 0.339 e. The Morgan fingerprint density at radius 2 is 2.10 bits per heavy atom. The molecule has 2 saturated carbocycles. The highest BCUT2D eigenvalue weighted by atomic mass is 16.5. The van der Waals surface area contributed by atoms with Crippen molar-refractivity contribution in [3.05, 3.63) is 11.7 Å². The first-order chi connectivity index (χ1) is 10.3. The first-order valence-electron chi connectivity index (χ1n) is 8.86. The summed E-state index contributed by atoms with van der Waals surface area (Å²) in [5.41, 5.74) is 0. The molecule has 0 spiro atoms. The highest BCUT2D eigenvalue weighted by molar-refractivity contribution is 5.01. The van der Waals surface area contributed by atoms with Crippen LogP contribution in [0.3, 0.4) is 0 Å². The normalized spacial score (nSPS) is 27.1. The van der Waals surface area contributed by atoms with Gasteiger partial charge in [0.1, 0.15) is 0 Å². The van der Waals surface area contributed by atoms with Crippen molar-refractivity contribution in [3.63, 3.8) is 0 Å². The van der Waals surface area contributed by atoms with Crippen LogP contribution in [0.25, 0.3) is 0 Å². The Morgan fingerprint density at radius 1 is 1.24 bits per heavy atom. The molecule has 0 radical (unpaired) electrons. The Hall–Kier alpha value is -0.900. The zero-order valence-corrected chi connectivity index (χ0v) is 13.5. The summed E-state index contributed by atoms with van der Waals surface area (Å²) in [6.45, 7) is 5.59. The van der Waals surface area contributed by atoms with Crippen LogP contribution in [0.2, 0.25) is 0 Å². The second-order valence-electron chi connectivity index (χ2n) is 6.93. The molecule has 2 aliphatic carbocycles. The van der Waals surface area contributed by atoms with Crippen LogP contribution in [0.15, 0.2) is 4.52 Å². The van der Waals surface area contributed by atoms with E-state index in [1.54, 1.807) is 0 Å². The highest BCUT2D eigenvalue weighted by Gasteiger charge is 2.33. The van der Waals surface area contributed by atoms with Crippen LogP contribution in [0.1, 0.15) is 76.4 Å². The van der Waals surface area contributed by atoms with Gasteiger partial charge in [0, 0.05) is 18.4 Å². The summed E-state index contributed by atoms with van der Waals surface area (Å²) in [7, 11) is 0. The summed E-state index contributed by atoms with van der Waals surface area (Å²) >= 11 is 0. The van der Waals surface area contributed by atoms with Crippen LogP contribution in [0.5, 0.6) is 0 Å². The number of hydrogen-bond acceptors (Lipinski definition) is 4. The maximum Gasteiger partial charge on any atom is 0.228 e. The topological polar surface area (TPSA) is 51.0 Å².